The van der Waals surface area contributed by atoms with E-state index in [1.165, 1.54) is 15.8 Å². The first kappa shape index (κ1) is 14.7. The number of pyridine rings is 1. The maximum atomic E-state index is 12.5. The van der Waals surface area contributed by atoms with Crippen LogP contribution in [0.25, 0.3) is 0 Å². The summed E-state index contributed by atoms with van der Waals surface area (Å²) >= 11 is 0. The van der Waals surface area contributed by atoms with Gasteiger partial charge in [0, 0.05) is 12.3 Å². The molecule has 10 heteroatoms. The van der Waals surface area contributed by atoms with E-state index in [0.717, 1.165) is 6.07 Å². The zero-order valence-corrected chi connectivity index (χ0v) is 11.2. The Morgan fingerprint density at radius 3 is 2.95 bits per heavy atom. The molecule has 120 valence electrons. The zero-order chi connectivity index (χ0) is 15.9. The number of aromatic nitrogens is 1. The van der Waals surface area contributed by atoms with Crippen LogP contribution >= 0.6 is 0 Å². The molecule has 2 aliphatic rings. The first-order valence-corrected chi connectivity index (χ1v) is 6.50. The number of rotatable bonds is 3. The van der Waals surface area contributed by atoms with Crippen LogP contribution in [0.3, 0.4) is 0 Å². The Balaban J connectivity index is 1.94. The van der Waals surface area contributed by atoms with Crippen molar-refractivity contribution in [2.24, 2.45) is 0 Å². The lowest BCUT2D eigenvalue weighted by Gasteiger charge is -2.45. The van der Waals surface area contributed by atoms with Crippen molar-refractivity contribution in [3.05, 3.63) is 28.2 Å². The number of aromatic hydroxyl groups is 1. The summed E-state index contributed by atoms with van der Waals surface area (Å²) in [5.41, 5.74) is 1.93. The van der Waals surface area contributed by atoms with Gasteiger partial charge in [-0.25, -0.2) is 0 Å². The van der Waals surface area contributed by atoms with Gasteiger partial charge in [0.25, 0.3) is 5.91 Å². The van der Waals surface area contributed by atoms with Gasteiger partial charge in [0.05, 0.1) is 25.9 Å². The highest BCUT2D eigenvalue weighted by atomic mass is 19.3. The Morgan fingerprint density at radius 2 is 2.23 bits per heavy atom. The number of ether oxygens (including phenoxy) is 2. The van der Waals surface area contributed by atoms with E-state index in [9.17, 15) is 23.5 Å². The number of hydrogen-bond donors (Lipinski definition) is 2. The standard InChI is InChI=1S/C12H13F2N3O5/c13-12(14)22-4-6-3-21-5-8-15-16-2-1-7(18)10(19)9(16)11(20)17(6)8/h1-2,6,8,12,15,19H,3-5H2/t6?,8-/m0/s1. The van der Waals surface area contributed by atoms with Gasteiger partial charge in [0.2, 0.25) is 5.43 Å². The predicted octanol–water partition coefficient (Wildman–Crippen LogP) is -0.483. The third kappa shape index (κ3) is 2.40. The number of hydrogen-bond acceptors (Lipinski definition) is 6. The number of nitrogens with zero attached hydrogens (tertiary/aromatic N) is 2. The molecule has 0 saturated carbocycles. The van der Waals surface area contributed by atoms with Gasteiger partial charge in [-0.05, 0) is 0 Å². The van der Waals surface area contributed by atoms with E-state index in [1.54, 1.807) is 0 Å². The van der Waals surface area contributed by atoms with E-state index >= 15 is 0 Å². The summed E-state index contributed by atoms with van der Waals surface area (Å²) < 4.78 is 35.2. The van der Waals surface area contributed by atoms with Crippen LogP contribution in [0.15, 0.2) is 17.1 Å². The second-order valence-corrected chi connectivity index (χ2v) is 4.89. The Kier molecular flexibility index (Phi) is 3.71. The predicted molar refractivity (Wildman–Crippen MR) is 68.2 cm³/mol. The number of fused-ring (bicyclic) bond motifs is 2. The SMILES string of the molecule is O=C1c2c(O)c(=O)ccn2N[C@@H]2COCC(COC(F)F)N12. The number of halogens is 2. The molecule has 1 aromatic heterocycles. The Hall–Kier alpha value is -2.20. The molecule has 3 rings (SSSR count). The Morgan fingerprint density at radius 1 is 1.45 bits per heavy atom. The Bertz CT molecular complexity index is 650. The average molecular weight is 317 g/mol. The summed E-state index contributed by atoms with van der Waals surface area (Å²) in [6, 6.07) is 0.353. The van der Waals surface area contributed by atoms with Gasteiger partial charge in [-0.3, -0.25) is 14.3 Å². The minimum atomic E-state index is -2.96. The second-order valence-electron chi connectivity index (χ2n) is 4.89. The van der Waals surface area contributed by atoms with E-state index < -0.39 is 42.5 Å². The van der Waals surface area contributed by atoms with Crippen LogP contribution in [-0.2, 0) is 9.47 Å². The molecular formula is C12H13F2N3O5. The smallest absolute Gasteiger partial charge is 0.345 e. The number of amides is 1. The van der Waals surface area contributed by atoms with Crippen LogP contribution in [0, 0.1) is 0 Å². The number of alkyl halides is 2. The zero-order valence-electron chi connectivity index (χ0n) is 11.2. The van der Waals surface area contributed by atoms with Gasteiger partial charge in [-0.2, -0.15) is 8.78 Å². The highest BCUT2D eigenvalue weighted by Gasteiger charge is 2.41. The van der Waals surface area contributed by atoms with Crippen molar-refractivity contribution in [1.29, 1.82) is 0 Å². The number of carbonyl (C=O) groups is 1. The van der Waals surface area contributed by atoms with Gasteiger partial charge >= 0.3 is 6.61 Å². The highest BCUT2D eigenvalue weighted by Crippen LogP contribution is 2.24. The number of morpholine rings is 1. The van der Waals surface area contributed by atoms with E-state index in [-0.39, 0.29) is 18.9 Å². The largest absolute Gasteiger partial charge is 0.502 e. The van der Waals surface area contributed by atoms with Crippen molar-refractivity contribution in [3.8, 4) is 5.75 Å². The molecule has 22 heavy (non-hydrogen) atoms. The lowest BCUT2D eigenvalue weighted by Crippen LogP contribution is -2.64. The van der Waals surface area contributed by atoms with Crippen molar-refractivity contribution in [1.82, 2.24) is 9.58 Å². The number of nitrogens with one attached hydrogen (secondary N) is 1. The minimum absolute atomic E-state index is 0.0223. The van der Waals surface area contributed by atoms with Crippen molar-refractivity contribution in [3.63, 3.8) is 0 Å². The molecule has 0 bridgehead atoms. The van der Waals surface area contributed by atoms with E-state index in [1.807, 2.05) is 0 Å². The molecule has 1 fully saturated rings. The maximum Gasteiger partial charge on any atom is 0.345 e. The first-order valence-electron chi connectivity index (χ1n) is 6.50. The van der Waals surface area contributed by atoms with Gasteiger partial charge in [-0.1, -0.05) is 0 Å². The molecule has 0 radical (unpaired) electrons. The third-order valence-corrected chi connectivity index (χ3v) is 3.53. The summed E-state index contributed by atoms with van der Waals surface area (Å²) in [5.74, 6) is -1.34. The van der Waals surface area contributed by atoms with Gasteiger partial charge in [0.15, 0.2) is 11.4 Å². The van der Waals surface area contributed by atoms with Crippen LogP contribution < -0.4 is 10.9 Å². The highest BCUT2D eigenvalue weighted by molar-refractivity contribution is 5.96. The van der Waals surface area contributed by atoms with Crippen LogP contribution in [-0.4, -0.2) is 59.2 Å². The lowest BCUT2D eigenvalue weighted by atomic mass is 10.1. The molecule has 0 aromatic carbocycles. The monoisotopic (exact) mass is 317 g/mol. The third-order valence-electron chi connectivity index (χ3n) is 3.53. The van der Waals surface area contributed by atoms with Gasteiger partial charge in [-0.15, -0.1) is 0 Å². The van der Waals surface area contributed by atoms with Crippen LogP contribution in [0.2, 0.25) is 0 Å². The van der Waals surface area contributed by atoms with Gasteiger partial charge < -0.3 is 24.9 Å². The average Bonchev–Trinajstić information content (AvgIpc) is 2.48. The minimum Gasteiger partial charge on any atom is -0.502 e. The Labute approximate surface area is 122 Å². The normalized spacial score (nSPS) is 24.0. The van der Waals surface area contributed by atoms with Crippen molar-refractivity contribution in [2.75, 3.05) is 25.2 Å². The summed E-state index contributed by atoms with van der Waals surface area (Å²) in [4.78, 5) is 25.3. The molecule has 2 aliphatic heterocycles. The second kappa shape index (κ2) is 5.54. The molecule has 3 heterocycles. The topological polar surface area (TPSA) is 93.0 Å². The van der Waals surface area contributed by atoms with Gasteiger partial charge in [0.1, 0.15) is 6.17 Å². The summed E-state index contributed by atoms with van der Waals surface area (Å²) in [7, 11) is 0. The quantitative estimate of drug-likeness (QED) is 0.782. The lowest BCUT2D eigenvalue weighted by molar-refractivity contribution is -0.154. The molecule has 1 saturated heterocycles. The molecule has 0 aliphatic carbocycles. The van der Waals surface area contributed by atoms with Crippen LogP contribution in [0.1, 0.15) is 10.5 Å². The van der Waals surface area contributed by atoms with E-state index in [0.29, 0.717) is 0 Å². The molecule has 1 aromatic rings. The van der Waals surface area contributed by atoms with Crippen LogP contribution in [0.5, 0.6) is 5.75 Å². The van der Waals surface area contributed by atoms with Crippen molar-refractivity contribution >= 4 is 5.91 Å². The fraction of sp³-hybridized carbons (Fsp3) is 0.500. The molecule has 0 spiro atoms. The van der Waals surface area contributed by atoms with Crippen molar-refractivity contribution in [2.45, 2.75) is 18.8 Å². The maximum absolute atomic E-state index is 12.5. The summed E-state index contributed by atoms with van der Waals surface area (Å²) in [6.45, 7) is -3.21. The fourth-order valence-electron chi connectivity index (χ4n) is 2.57. The molecule has 1 unspecified atom stereocenters. The van der Waals surface area contributed by atoms with Crippen molar-refractivity contribution < 1.29 is 28.2 Å². The summed E-state index contributed by atoms with van der Waals surface area (Å²) in [5, 5.41) is 9.81. The van der Waals surface area contributed by atoms with Crippen LogP contribution in [0.4, 0.5) is 8.78 Å². The summed E-state index contributed by atoms with van der Waals surface area (Å²) in [6.07, 6.45) is 0.702. The molecule has 2 atom stereocenters. The molecular weight excluding hydrogens is 304 g/mol. The fourth-order valence-corrected chi connectivity index (χ4v) is 2.57. The van der Waals surface area contributed by atoms with E-state index in [2.05, 4.69) is 10.2 Å². The first-order chi connectivity index (χ1) is 10.5. The van der Waals surface area contributed by atoms with E-state index in [4.69, 9.17) is 4.74 Å². The number of carbonyl (C=O) groups excluding carboxylic acids is 1. The molecule has 1 amide bonds. The molecule has 8 nitrogen and oxygen atoms in total. The molecule has 2 N–H and O–H groups in total.